The van der Waals surface area contributed by atoms with Crippen molar-refractivity contribution in [1.82, 2.24) is 4.72 Å². The van der Waals surface area contributed by atoms with Crippen LogP contribution < -0.4 is 4.72 Å². The second-order valence-electron chi connectivity index (χ2n) is 4.34. The maximum atomic E-state index is 13.4. The highest BCUT2D eigenvalue weighted by Gasteiger charge is 2.33. The molecule has 0 saturated carbocycles. The number of rotatable bonds is 4. The topological polar surface area (TPSA) is 63.2 Å². The lowest BCUT2D eigenvalue weighted by Gasteiger charge is -2.22. The van der Waals surface area contributed by atoms with Crippen LogP contribution in [-0.4, -0.2) is 19.7 Å². The summed E-state index contributed by atoms with van der Waals surface area (Å²) in [6.45, 7) is 3.80. The summed E-state index contributed by atoms with van der Waals surface area (Å²) in [7, 11) is -4.45. The van der Waals surface area contributed by atoms with Crippen molar-refractivity contribution in [2.24, 2.45) is 0 Å². The summed E-state index contributed by atoms with van der Waals surface area (Å²) in [6, 6.07) is 2.72. The van der Waals surface area contributed by atoms with E-state index in [2.05, 4.69) is 0 Å². The number of hydrogen-bond acceptors (Lipinski definition) is 3. The van der Waals surface area contributed by atoms with Crippen LogP contribution in [0.2, 0.25) is 0 Å². The van der Waals surface area contributed by atoms with Crippen molar-refractivity contribution in [3.8, 4) is 0 Å². The zero-order chi connectivity index (χ0) is 14.1. The molecular weight excluding hydrogens is 264 g/mol. The fraction of sp³-hybridized carbons (Fsp3) is 0.364. The summed E-state index contributed by atoms with van der Waals surface area (Å²) in [6.07, 6.45) is 0. The molecule has 0 bridgehead atoms. The van der Waals surface area contributed by atoms with E-state index < -0.39 is 37.9 Å². The first-order valence-electron chi connectivity index (χ1n) is 5.07. The van der Waals surface area contributed by atoms with Gasteiger partial charge >= 0.3 is 0 Å². The van der Waals surface area contributed by atoms with Crippen LogP contribution in [0.1, 0.15) is 20.8 Å². The standard InChI is InChI=1S/C11H13F2NO3S/c1-7(15)11(2,3)14-18(16,17)10-8(12)5-4-6-9(10)13/h4-6,14H,1-3H3. The Morgan fingerprint density at radius 2 is 1.67 bits per heavy atom. The molecule has 0 atom stereocenters. The van der Waals surface area contributed by atoms with Gasteiger partial charge in [-0.25, -0.2) is 17.2 Å². The van der Waals surface area contributed by atoms with Crippen LogP contribution in [0, 0.1) is 11.6 Å². The minimum atomic E-state index is -4.45. The maximum Gasteiger partial charge on any atom is 0.247 e. The molecular formula is C11H13F2NO3S. The van der Waals surface area contributed by atoms with Gasteiger partial charge < -0.3 is 0 Å². The van der Waals surface area contributed by atoms with Crippen molar-refractivity contribution in [2.45, 2.75) is 31.2 Å². The molecule has 0 amide bonds. The Morgan fingerprint density at radius 3 is 2.06 bits per heavy atom. The molecule has 7 heteroatoms. The molecule has 0 fully saturated rings. The Labute approximate surface area is 104 Å². The van der Waals surface area contributed by atoms with Gasteiger partial charge in [0.1, 0.15) is 17.4 Å². The minimum Gasteiger partial charge on any atom is -0.298 e. The highest BCUT2D eigenvalue weighted by atomic mass is 32.2. The fourth-order valence-electron chi connectivity index (χ4n) is 1.20. The Bertz CT molecular complexity index is 562. The summed E-state index contributed by atoms with van der Waals surface area (Å²) >= 11 is 0. The zero-order valence-electron chi connectivity index (χ0n) is 10.1. The third-order valence-electron chi connectivity index (χ3n) is 2.46. The van der Waals surface area contributed by atoms with Gasteiger partial charge in [-0.05, 0) is 32.9 Å². The number of carbonyl (C=O) groups is 1. The first-order chi connectivity index (χ1) is 8.08. The fourth-order valence-corrected chi connectivity index (χ4v) is 2.77. The lowest BCUT2D eigenvalue weighted by molar-refractivity contribution is -0.121. The molecule has 18 heavy (non-hydrogen) atoms. The molecule has 1 rings (SSSR count). The Kier molecular flexibility index (Phi) is 3.87. The smallest absolute Gasteiger partial charge is 0.247 e. The molecule has 0 heterocycles. The first kappa shape index (κ1) is 14.7. The average Bonchev–Trinajstić information content (AvgIpc) is 2.14. The Morgan fingerprint density at radius 1 is 1.22 bits per heavy atom. The second-order valence-corrected chi connectivity index (χ2v) is 5.96. The molecule has 1 N–H and O–H groups in total. The van der Waals surface area contributed by atoms with E-state index in [1.807, 2.05) is 4.72 Å². The third-order valence-corrected chi connectivity index (χ3v) is 4.16. The molecule has 0 unspecified atom stereocenters. The monoisotopic (exact) mass is 277 g/mol. The molecule has 0 spiro atoms. The van der Waals surface area contributed by atoms with Crippen molar-refractivity contribution in [3.05, 3.63) is 29.8 Å². The zero-order valence-corrected chi connectivity index (χ0v) is 10.9. The van der Waals surface area contributed by atoms with Gasteiger partial charge in [0.2, 0.25) is 10.0 Å². The average molecular weight is 277 g/mol. The number of hydrogen-bond donors (Lipinski definition) is 1. The molecule has 0 saturated heterocycles. The van der Waals surface area contributed by atoms with E-state index in [1.165, 1.54) is 20.8 Å². The van der Waals surface area contributed by atoms with Crippen LogP contribution in [0.25, 0.3) is 0 Å². The molecule has 1 aromatic carbocycles. The SMILES string of the molecule is CC(=O)C(C)(C)NS(=O)(=O)c1c(F)cccc1F. The predicted molar refractivity (Wildman–Crippen MR) is 61.4 cm³/mol. The molecule has 100 valence electrons. The number of benzene rings is 1. The molecule has 0 aliphatic heterocycles. The van der Waals surface area contributed by atoms with Crippen LogP contribution in [0.3, 0.4) is 0 Å². The van der Waals surface area contributed by atoms with Gasteiger partial charge in [0.25, 0.3) is 0 Å². The highest BCUT2D eigenvalue weighted by molar-refractivity contribution is 7.89. The van der Waals surface area contributed by atoms with Crippen LogP contribution in [0.5, 0.6) is 0 Å². The van der Waals surface area contributed by atoms with Gasteiger partial charge in [0.15, 0.2) is 4.90 Å². The van der Waals surface area contributed by atoms with Gasteiger partial charge in [-0.2, -0.15) is 4.72 Å². The van der Waals surface area contributed by atoms with E-state index in [0.717, 1.165) is 18.2 Å². The maximum absolute atomic E-state index is 13.4. The van der Waals surface area contributed by atoms with E-state index in [0.29, 0.717) is 0 Å². The van der Waals surface area contributed by atoms with Gasteiger partial charge in [-0.3, -0.25) is 4.79 Å². The summed E-state index contributed by atoms with van der Waals surface area (Å²) in [4.78, 5) is 10.1. The molecule has 0 aliphatic rings. The van der Waals surface area contributed by atoms with Gasteiger partial charge in [0, 0.05) is 0 Å². The quantitative estimate of drug-likeness (QED) is 0.909. The number of nitrogens with one attached hydrogen (secondary N) is 1. The lowest BCUT2D eigenvalue weighted by Crippen LogP contribution is -2.48. The Balaban J connectivity index is 3.28. The van der Waals surface area contributed by atoms with E-state index in [4.69, 9.17) is 0 Å². The minimum absolute atomic E-state index is 0.470. The predicted octanol–water partition coefficient (Wildman–Crippen LogP) is 1.61. The first-order valence-corrected chi connectivity index (χ1v) is 6.55. The molecule has 1 aromatic rings. The molecule has 0 aromatic heterocycles. The van der Waals surface area contributed by atoms with E-state index in [1.54, 1.807) is 0 Å². The highest BCUT2D eigenvalue weighted by Crippen LogP contribution is 2.20. The lowest BCUT2D eigenvalue weighted by atomic mass is 10.0. The van der Waals surface area contributed by atoms with Crippen molar-refractivity contribution in [3.63, 3.8) is 0 Å². The molecule has 0 radical (unpaired) electrons. The van der Waals surface area contributed by atoms with Crippen molar-refractivity contribution >= 4 is 15.8 Å². The summed E-state index contributed by atoms with van der Waals surface area (Å²) in [5, 5.41) is 0. The van der Waals surface area contributed by atoms with Crippen molar-refractivity contribution in [2.75, 3.05) is 0 Å². The summed E-state index contributed by atoms with van der Waals surface area (Å²) < 4.78 is 52.4. The molecule has 4 nitrogen and oxygen atoms in total. The normalized spacial score (nSPS) is 12.5. The van der Waals surface area contributed by atoms with E-state index in [9.17, 15) is 22.0 Å². The number of ketones is 1. The van der Waals surface area contributed by atoms with E-state index in [-0.39, 0.29) is 0 Å². The summed E-state index contributed by atoms with van der Waals surface area (Å²) in [5.74, 6) is -2.88. The van der Waals surface area contributed by atoms with Crippen molar-refractivity contribution < 1.29 is 22.0 Å². The number of carbonyl (C=O) groups excluding carboxylic acids is 1. The van der Waals surface area contributed by atoms with E-state index >= 15 is 0 Å². The number of Topliss-reactive ketones (excluding diaryl/α,β-unsaturated/α-hetero) is 1. The number of sulfonamides is 1. The van der Waals surface area contributed by atoms with Crippen LogP contribution in [0.15, 0.2) is 23.1 Å². The Hall–Kier alpha value is -1.34. The van der Waals surface area contributed by atoms with Crippen LogP contribution in [0.4, 0.5) is 8.78 Å². The largest absolute Gasteiger partial charge is 0.298 e. The van der Waals surface area contributed by atoms with Gasteiger partial charge in [0.05, 0.1) is 5.54 Å². The second kappa shape index (κ2) is 4.74. The third kappa shape index (κ3) is 2.91. The van der Waals surface area contributed by atoms with Crippen molar-refractivity contribution in [1.29, 1.82) is 0 Å². The molecule has 0 aliphatic carbocycles. The van der Waals surface area contributed by atoms with Crippen LogP contribution in [-0.2, 0) is 14.8 Å². The van der Waals surface area contributed by atoms with Gasteiger partial charge in [-0.1, -0.05) is 6.07 Å². The van der Waals surface area contributed by atoms with Crippen LogP contribution >= 0.6 is 0 Å². The summed E-state index contributed by atoms with van der Waals surface area (Å²) in [5.41, 5.74) is -1.44. The van der Waals surface area contributed by atoms with Gasteiger partial charge in [-0.15, -0.1) is 0 Å². The number of halogens is 2.